The van der Waals surface area contributed by atoms with Crippen molar-refractivity contribution in [1.82, 2.24) is 14.7 Å². The average molecular weight is 339 g/mol. The Hall–Kier alpha value is -2.05. The first-order chi connectivity index (χ1) is 10.5. The van der Waals surface area contributed by atoms with E-state index in [9.17, 15) is 4.79 Å². The molecule has 1 aromatic carbocycles. The quantitative estimate of drug-likeness (QED) is 0.871. The standard InChI is InChI=1S/C16H22N4O2.ClH/c1-12(8-17)19(2)16(21)14-9-18-20(11-14)10-13-4-6-15(22-3)7-5-13;/h4-7,9,11-12H,8,10,17H2,1-3H3;1H. The van der Waals surface area contributed by atoms with E-state index in [0.29, 0.717) is 18.7 Å². The van der Waals surface area contributed by atoms with Gasteiger partial charge in [-0.25, -0.2) is 0 Å². The highest BCUT2D eigenvalue weighted by Crippen LogP contribution is 2.13. The van der Waals surface area contributed by atoms with Gasteiger partial charge in [0.25, 0.3) is 5.91 Å². The molecule has 1 heterocycles. The number of likely N-dealkylation sites (N-methyl/N-ethyl adjacent to an activating group) is 1. The molecule has 0 saturated carbocycles. The lowest BCUT2D eigenvalue weighted by Gasteiger charge is -2.22. The Labute approximate surface area is 142 Å². The Balaban J connectivity index is 0.00000264. The van der Waals surface area contributed by atoms with Gasteiger partial charge < -0.3 is 15.4 Å². The van der Waals surface area contributed by atoms with Crippen LogP contribution in [0.25, 0.3) is 0 Å². The predicted molar refractivity (Wildman–Crippen MR) is 92.2 cm³/mol. The number of carbonyl (C=O) groups is 1. The van der Waals surface area contributed by atoms with Crippen LogP contribution in [0, 0.1) is 0 Å². The highest BCUT2D eigenvalue weighted by atomic mass is 35.5. The molecule has 2 rings (SSSR count). The predicted octanol–water partition coefficient (Wildman–Crippen LogP) is 1.78. The molecule has 23 heavy (non-hydrogen) atoms. The molecule has 0 aliphatic rings. The zero-order chi connectivity index (χ0) is 16.1. The molecule has 0 radical (unpaired) electrons. The molecular weight excluding hydrogens is 316 g/mol. The minimum Gasteiger partial charge on any atom is -0.497 e. The minimum absolute atomic E-state index is 0. The van der Waals surface area contributed by atoms with Gasteiger partial charge in [0.2, 0.25) is 0 Å². The van der Waals surface area contributed by atoms with Crippen molar-refractivity contribution in [1.29, 1.82) is 0 Å². The third-order valence-electron chi connectivity index (χ3n) is 3.71. The maximum absolute atomic E-state index is 12.3. The Bertz CT molecular complexity index is 627. The van der Waals surface area contributed by atoms with Crippen LogP contribution in [0.5, 0.6) is 5.75 Å². The van der Waals surface area contributed by atoms with Gasteiger partial charge in [0.1, 0.15) is 5.75 Å². The topological polar surface area (TPSA) is 73.4 Å². The van der Waals surface area contributed by atoms with E-state index >= 15 is 0 Å². The number of hydrogen-bond donors (Lipinski definition) is 1. The summed E-state index contributed by atoms with van der Waals surface area (Å²) < 4.78 is 6.88. The summed E-state index contributed by atoms with van der Waals surface area (Å²) in [5, 5.41) is 4.25. The van der Waals surface area contributed by atoms with Gasteiger partial charge in [0.05, 0.1) is 25.4 Å². The number of rotatable bonds is 6. The summed E-state index contributed by atoms with van der Waals surface area (Å²) in [6, 6.07) is 7.76. The van der Waals surface area contributed by atoms with Gasteiger partial charge in [-0.3, -0.25) is 9.48 Å². The van der Waals surface area contributed by atoms with Crippen LogP contribution in [0.3, 0.4) is 0 Å². The first kappa shape index (κ1) is 19.0. The van der Waals surface area contributed by atoms with Gasteiger partial charge in [0, 0.05) is 25.8 Å². The Morgan fingerprint density at radius 3 is 2.61 bits per heavy atom. The summed E-state index contributed by atoms with van der Waals surface area (Å²) in [5.74, 6) is 0.747. The van der Waals surface area contributed by atoms with E-state index in [1.54, 1.807) is 36.1 Å². The van der Waals surface area contributed by atoms with Crippen molar-refractivity contribution in [2.24, 2.45) is 5.73 Å². The van der Waals surface area contributed by atoms with Crippen LogP contribution in [0.1, 0.15) is 22.8 Å². The number of methoxy groups -OCH3 is 1. The molecule has 0 fully saturated rings. The molecular formula is C16H23ClN4O2. The van der Waals surface area contributed by atoms with Crippen LogP contribution in [0.4, 0.5) is 0 Å². The summed E-state index contributed by atoms with van der Waals surface area (Å²) in [4.78, 5) is 13.9. The van der Waals surface area contributed by atoms with E-state index in [4.69, 9.17) is 10.5 Å². The first-order valence-electron chi connectivity index (χ1n) is 7.17. The van der Waals surface area contributed by atoms with Crippen LogP contribution >= 0.6 is 12.4 Å². The Kier molecular flexibility index (Phi) is 7.06. The van der Waals surface area contributed by atoms with E-state index in [1.807, 2.05) is 31.2 Å². The van der Waals surface area contributed by atoms with Gasteiger partial charge in [-0.15, -0.1) is 12.4 Å². The molecule has 2 N–H and O–H groups in total. The lowest BCUT2D eigenvalue weighted by molar-refractivity contribution is 0.0748. The smallest absolute Gasteiger partial charge is 0.257 e. The summed E-state index contributed by atoms with van der Waals surface area (Å²) in [5.41, 5.74) is 7.25. The Morgan fingerprint density at radius 2 is 2.04 bits per heavy atom. The molecule has 0 saturated heterocycles. The first-order valence-corrected chi connectivity index (χ1v) is 7.17. The number of benzene rings is 1. The summed E-state index contributed by atoms with van der Waals surface area (Å²) in [6.45, 7) is 2.95. The van der Waals surface area contributed by atoms with Gasteiger partial charge in [-0.1, -0.05) is 12.1 Å². The molecule has 0 bridgehead atoms. The van der Waals surface area contributed by atoms with E-state index in [2.05, 4.69) is 5.10 Å². The zero-order valence-electron chi connectivity index (χ0n) is 13.6. The molecule has 6 nitrogen and oxygen atoms in total. The molecule has 0 spiro atoms. The maximum Gasteiger partial charge on any atom is 0.257 e. The molecule has 1 aromatic heterocycles. The van der Waals surface area contributed by atoms with Gasteiger partial charge in [0.15, 0.2) is 0 Å². The largest absolute Gasteiger partial charge is 0.497 e. The highest BCUT2D eigenvalue weighted by Gasteiger charge is 2.17. The number of nitrogens with zero attached hydrogens (tertiary/aromatic N) is 3. The Morgan fingerprint density at radius 1 is 1.39 bits per heavy atom. The second kappa shape index (κ2) is 8.55. The number of ether oxygens (including phenoxy) is 1. The fourth-order valence-corrected chi connectivity index (χ4v) is 2.04. The fraction of sp³-hybridized carbons (Fsp3) is 0.375. The van der Waals surface area contributed by atoms with Gasteiger partial charge in [-0.2, -0.15) is 5.10 Å². The molecule has 0 aliphatic carbocycles. The number of hydrogen-bond acceptors (Lipinski definition) is 4. The maximum atomic E-state index is 12.3. The minimum atomic E-state index is -0.0704. The fourth-order valence-electron chi connectivity index (χ4n) is 2.04. The monoisotopic (exact) mass is 338 g/mol. The molecule has 7 heteroatoms. The number of carbonyl (C=O) groups excluding carboxylic acids is 1. The lowest BCUT2D eigenvalue weighted by Crippen LogP contribution is -2.39. The van der Waals surface area contributed by atoms with E-state index < -0.39 is 0 Å². The zero-order valence-corrected chi connectivity index (χ0v) is 14.4. The van der Waals surface area contributed by atoms with Crippen molar-refractivity contribution >= 4 is 18.3 Å². The van der Waals surface area contributed by atoms with Crippen molar-refractivity contribution in [2.45, 2.75) is 19.5 Å². The molecule has 1 amide bonds. The van der Waals surface area contributed by atoms with E-state index in [-0.39, 0.29) is 24.4 Å². The lowest BCUT2D eigenvalue weighted by atomic mass is 10.2. The molecule has 0 aliphatic heterocycles. The van der Waals surface area contributed by atoms with Gasteiger partial charge >= 0.3 is 0 Å². The molecule has 126 valence electrons. The molecule has 1 atom stereocenters. The van der Waals surface area contributed by atoms with Crippen LogP contribution < -0.4 is 10.5 Å². The van der Waals surface area contributed by atoms with Crippen molar-refractivity contribution in [3.8, 4) is 5.75 Å². The average Bonchev–Trinajstić information content (AvgIpc) is 3.01. The highest BCUT2D eigenvalue weighted by molar-refractivity contribution is 5.93. The molecule has 2 aromatic rings. The van der Waals surface area contributed by atoms with Crippen LogP contribution in [-0.4, -0.2) is 47.3 Å². The summed E-state index contributed by atoms with van der Waals surface area (Å²) >= 11 is 0. The summed E-state index contributed by atoms with van der Waals surface area (Å²) in [6.07, 6.45) is 3.35. The third kappa shape index (κ3) is 4.71. The van der Waals surface area contributed by atoms with E-state index in [0.717, 1.165) is 11.3 Å². The number of aromatic nitrogens is 2. The van der Waals surface area contributed by atoms with Crippen molar-refractivity contribution in [2.75, 3.05) is 20.7 Å². The SMILES string of the molecule is COc1ccc(Cn2cc(C(=O)N(C)C(C)CN)cn2)cc1.Cl. The number of halogens is 1. The normalized spacial score (nSPS) is 11.5. The third-order valence-corrected chi connectivity index (χ3v) is 3.71. The summed E-state index contributed by atoms with van der Waals surface area (Å²) in [7, 11) is 3.39. The van der Waals surface area contributed by atoms with Crippen LogP contribution in [-0.2, 0) is 6.54 Å². The van der Waals surface area contributed by atoms with Crippen LogP contribution in [0.2, 0.25) is 0 Å². The van der Waals surface area contributed by atoms with Crippen molar-refractivity contribution in [3.05, 3.63) is 47.8 Å². The second-order valence-electron chi connectivity index (χ2n) is 5.28. The molecule has 1 unspecified atom stereocenters. The second-order valence-corrected chi connectivity index (χ2v) is 5.28. The van der Waals surface area contributed by atoms with E-state index in [1.165, 1.54) is 0 Å². The van der Waals surface area contributed by atoms with Crippen molar-refractivity contribution < 1.29 is 9.53 Å². The van der Waals surface area contributed by atoms with Crippen molar-refractivity contribution in [3.63, 3.8) is 0 Å². The van der Waals surface area contributed by atoms with Crippen LogP contribution in [0.15, 0.2) is 36.7 Å². The number of nitrogens with two attached hydrogens (primary N) is 1. The number of amides is 1. The van der Waals surface area contributed by atoms with Gasteiger partial charge in [-0.05, 0) is 24.6 Å².